The molecule has 1 amide bonds. The van der Waals surface area contributed by atoms with E-state index in [0.29, 0.717) is 19.0 Å². The number of hydrogen-bond acceptors (Lipinski definition) is 4. The van der Waals surface area contributed by atoms with Crippen LogP contribution in [-0.2, 0) is 16.1 Å². The van der Waals surface area contributed by atoms with E-state index in [1.165, 1.54) is 0 Å². The third-order valence-electron chi connectivity index (χ3n) is 2.87. The van der Waals surface area contributed by atoms with Crippen LogP contribution < -0.4 is 5.32 Å². The first-order valence-electron chi connectivity index (χ1n) is 6.86. The molecule has 1 heterocycles. The molecule has 6 nitrogen and oxygen atoms in total. The zero-order chi connectivity index (χ0) is 15.1. The van der Waals surface area contributed by atoms with Crippen molar-refractivity contribution in [3.63, 3.8) is 0 Å². The van der Waals surface area contributed by atoms with Crippen LogP contribution in [0.2, 0.25) is 0 Å². The summed E-state index contributed by atoms with van der Waals surface area (Å²) in [5.41, 5.74) is 1.70. The number of carbonyl (C=O) groups is 1. The molecule has 6 heteroatoms. The molecule has 0 saturated carbocycles. The first-order valence-corrected chi connectivity index (χ1v) is 6.86. The molecule has 0 unspecified atom stereocenters. The first kappa shape index (κ1) is 15.2. The number of aliphatic hydroxyl groups excluding tert-OH is 1. The molecule has 0 aliphatic carbocycles. The van der Waals surface area contributed by atoms with Crippen LogP contribution in [0.4, 0.5) is 5.82 Å². The summed E-state index contributed by atoms with van der Waals surface area (Å²) < 4.78 is 6.64. The van der Waals surface area contributed by atoms with Gasteiger partial charge >= 0.3 is 0 Å². The van der Waals surface area contributed by atoms with Crippen LogP contribution in [0.1, 0.15) is 6.92 Å². The predicted molar refractivity (Wildman–Crippen MR) is 79.9 cm³/mol. The van der Waals surface area contributed by atoms with Crippen molar-refractivity contribution in [2.45, 2.75) is 13.5 Å². The van der Waals surface area contributed by atoms with E-state index < -0.39 is 0 Å². The van der Waals surface area contributed by atoms with Crippen molar-refractivity contribution >= 4 is 11.7 Å². The summed E-state index contributed by atoms with van der Waals surface area (Å²) in [6, 6.07) is 11.4. The fourth-order valence-electron chi connectivity index (χ4n) is 1.91. The zero-order valence-corrected chi connectivity index (χ0v) is 12.0. The Labute approximate surface area is 123 Å². The number of aliphatic hydroxyl groups is 1. The van der Waals surface area contributed by atoms with Gasteiger partial charge in [-0.1, -0.05) is 30.3 Å². The molecule has 21 heavy (non-hydrogen) atoms. The van der Waals surface area contributed by atoms with Gasteiger partial charge in [-0.25, -0.2) is 4.68 Å². The van der Waals surface area contributed by atoms with Gasteiger partial charge in [-0.2, -0.15) is 5.10 Å². The molecule has 0 fully saturated rings. The molecule has 1 aromatic carbocycles. The molecule has 2 aromatic rings. The second-order valence-corrected chi connectivity index (χ2v) is 4.41. The summed E-state index contributed by atoms with van der Waals surface area (Å²) in [6.07, 6.45) is 0. The smallest absolute Gasteiger partial charge is 0.251 e. The molecule has 0 atom stereocenters. The van der Waals surface area contributed by atoms with Gasteiger partial charge in [0.05, 0.1) is 18.8 Å². The van der Waals surface area contributed by atoms with Crippen LogP contribution >= 0.6 is 0 Å². The highest BCUT2D eigenvalue weighted by Gasteiger charge is 2.11. The lowest BCUT2D eigenvalue weighted by molar-refractivity contribution is -0.120. The van der Waals surface area contributed by atoms with Gasteiger partial charge in [-0.05, 0) is 6.92 Å². The van der Waals surface area contributed by atoms with Crippen molar-refractivity contribution in [2.24, 2.45) is 0 Å². The number of anilines is 1. The fourth-order valence-corrected chi connectivity index (χ4v) is 1.91. The Kier molecular flexibility index (Phi) is 5.48. The van der Waals surface area contributed by atoms with Crippen molar-refractivity contribution in [3.8, 4) is 11.3 Å². The van der Waals surface area contributed by atoms with Crippen LogP contribution in [0.3, 0.4) is 0 Å². The first-order chi connectivity index (χ1) is 10.2. The number of ether oxygens (including phenoxy) is 1. The third-order valence-corrected chi connectivity index (χ3v) is 2.87. The maximum absolute atomic E-state index is 11.7. The minimum Gasteiger partial charge on any atom is -0.394 e. The average Bonchev–Trinajstić information content (AvgIpc) is 2.89. The van der Waals surface area contributed by atoms with E-state index in [1.807, 2.05) is 37.3 Å². The van der Waals surface area contributed by atoms with E-state index in [2.05, 4.69) is 10.4 Å². The lowest BCUT2D eigenvalue weighted by Crippen LogP contribution is -2.21. The van der Waals surface area contributed by atoms with E-state index in [0.717, 1.165) is 11.3 Å². The SMILES string of the molecule is CCOCC(=O)Nc1cc(-c2ccccc2)nn1CCO. The van der Waals surface area contributed by atoms with Gasteiger partial charge in [0, 0.05) is 18.2 Å². The maximum Gasteiger partial charge on any atom is 0.251 e. The molecule has 0 aliphatic heterocycles. The van der Waals surface area contributed by atoms with Crippen LogP contribution in [0.25, 0.3) is 11.3 Å². The molecular weight excluding hydrogens is 270 g/mol. The summed E-state index contributed by atoms with van der Waals surface area (Å²) in [5.74, 6) is 0.308. The van der Waals surface area contributed by atoms with E-state index in [-0.39, 0.29) is 19.1 Å². The fraction of sp³-hybridized carbons (Fsp3) is 0.333. The Morgan fingerprint density at radius 2 is 2.14 bits per heavy atom. The quantitative estimate of drug-likeness (QED) is 0.810. The molecule has 2 rings (SSSR count). The second-order valence-electron chi connectivity index (χ2n) is 4.41. The predicted octanol–water partition coefficient (Wildman–Crippen LogP) is 1.52. The van der Waals surface area contributed by atoms with Gasteiger partial charge in [-0.15, -0.1) is 0 Å². The largest absolute Gasteiger partial charge is 0.394 e. The van der Waals surface area contributed by atoms with Gasteiger partial charge in [0.1, 0.15) is 12.4 Å². The van der Waals surface area contributed by atoms with Gasteiger partial charge < -0.3 is 15.2 Å². The summed E-state index contributed by atoms with van der Waals surface area (Å²) in [7, 11) is 0. The van der Waals surface area contributed by atoms with Gasteiger partial charge in [0.15, 0.2) is 0 Å². The lowest BCUT2D eigenvalue weighted by Gasteiger charge is -2.07. The van der Waals surface area contributed by atoms with Gasteiger partial charge in [0.25, 0.3) is 5.91 Å². The van der Waals surface area contributed by atoms with Crippen LogP contribution in [0, 0.1) is 0 Å². The zero-order valence-electron chi connectivity index (χ0n) is 12.0. The number of rotatable bonds is 7. The second kappa shape index (κ2) is 7.56. The maximum atomic E-state index is 11.7. The molecule has 112 valence electrons. The average molecular weight is 289 g/mol. The van der Waals surface area contributed by atoms with Crippen LogP contribution in [0.15, 0.2) is 36.4 Å². The molecule has 2 N–H and O–H groups in total. The van der Waals surface area contributed by atoms with E-state index in [9.17, 15) is 4.79 Å². The molecule has 0 spiro atoms. The lowest BCUT2D eigenvalue weighted by atomic mass is 10.2. The Morgan fingerprint density at radius 3 is 2.81 bits per heavy atom. The third kappa shape index (κ3) is 4.14. The van der Waals surface area contributed by atoms with Gasteiger partial charge in [0.2, 0.25) is 0 Å². The Balaban J connectivity index is 2.19. The number of carbonyl (C=O) groups excluding carboxylic acids is 1. The van der Waals surface area contributed by atoms with E-state index in [1.54, 1.807) is 10.7 Å². The highest BCUT2D eigenvalue weighted by molar-refractivity contribution is 5.91. The monoisotopic (exact) mass is 289 g/mol. The standard InChI is InChI=1S/C15H19N3O3/c1-2-21-11-15(20)16-14-10-13(17-18(14)8-9-19)12-6-4-3-5-7-12/h3-7,10,19H,2,8-9,11H2,1H3,(H,16,20). The van der Waals surface area contributed by atoms with Crippen molar-refractivity contribution in [1.82, 2.24) is 9.78 Å². The number of benzene rings is 1. The molecule has 1 aromatic heterocycles. The summed E-state index contributed by atoms with van der Waals surface area (Å²) in [6.45, 7) is 2.58. The number of aromatic nitrogens is 2. The van der Waals surface area contributed by atoms with Crippen molar-refractivity contribution in [3.05, 3.63) is 36.4 Å². The normalized spacial score (nSPS) is 10.6. The highest BCUT2D eigenvalue weighted by atomic mass is 16.5. The van der Waals surface area contributed by atoms with Gasteiger partial charge in [-0.3, -0.25) is 4.79 Å². The minimum atomic E-state index is -0.240. The van der Waals surface area contributed by atoms with Crippen molar-refractivity contribution in [2.75, 3.05) is 25.1 Å². The number of hydrogen-bond donors (Lipinski definition) is 2. The summed E-state index contributed by atoms with van der Waals surface area (Å²) >= 11 is 0. The van der Waals surface area contributed by atoms with Crippen LogP contribution in [0.5, 0.6) is 0 Å². The molecule has 0 saturated heterocycles. The number of nitrogens with one attached hydrogen (secondary N) is 1. The Bertz CT molecular complexity index is 581. The van der Waals surface area contributed by atoms with Crippen LogP contribution in [-0.4, -0.2) is 40.6 Å². The summed E-state index contributed by atoms with van der Waals surface area (Å²) in [5, 5.41) is 16.3. The number of nitrogens with zero attached hydrogens (tertiary/aromatic N) is 2. The van der Waals surface area contributed by atoms with E-state index in [4.69, 9.17) is 9.84 Å². The Hall–Kier alpha value is -2.18. The molecule has 0 radical (unpaired) electrons. The Morgan fingerprint density at radius 1 is 1.38 bits per heavy atom. The van der Waals surface area contributed by atoms with Crippen molar-refractivity contribution < 1.29 is 14.6 Å². The minimum absolute atomic E-state index is 0.00146. The molecule has 0 aliphatic rings. The summed E-state index contributed by atoms with van der Waals surface area (Å²) in [4.78, 5) is 11.7. The van der Waals surface area contributed by atoms with Crippen molar-refractivity contribution in [1.29, 1.82) is 0 Å². The molecule has 0 bridgehead atoms. The molecular formula is C15H19N3O3. The van der Waals surface area contributed by atoms with E-state index >= 15 is 0 Å². The highest BCUT2D eigenvalue weighted by Crippen LogP contribution is 2.21. The number of amides is 1. The topological polar surface area (TPSA) is 76.4 Å².